The molecule has 3 atom stereocenters. The van der Waals surface area contributed by atoms with E-state index < -0.39 is 17.5 Å². The second kappa shape index (κ2) is 6.32. The molecule has 0 spiro atoms. The number of carbonyl (C=O) groups is 2. The molecule has 0 saturated carbocycles. The van der Waals surface area contributed by atoms with Crippen LogP contribution in [0.2, 0.25) is 0 Å². The quantitative estimate of drug-likeness (QED) is 0.416. The smallest absolute Gasteiger partial charge is 0.319 e. The fraction of sp³-hybridized carbons (Fsp3) is 0.857. The van der Waals surface area contributed by atoms with Crippen molar-refractivity contribution in [1.29, 1.82) is 0 Å². The first-order valence-electron chi connectivity index (χ1n) is 6.76. The summed E-state index contributed by atoms with van der Waals surface area (Å²) < 4.78 is 10.4. The van der Waals surface area contributed by atoms with Gasteiger partial charge in [-0.05, 0) is 20.3 Å². The van der Waals surface area contributed by atoms with Crippen LogP contribution in [0.3, 0.4) is 0 Å². The molecule has 1 aliphatic heterocycles. The molecule has 18 heavy (non-hydrogen) atoms. The first-order chi connectivity index (χ1) is 8.46. The molecule has 104 valence electrons. The number of methoxy groups -OCH3 is 1. The maximum Gasteiger partial charge on any atom is 0.319 e. The third-order valence-corrected chi connectivity index (χ3v) is 3.68. The van der Waals surface area contributed by atoms with E-state index in [9.17, 15) is 9.59 Å². The van der Waals surface area contributed by atoms with Gasteiger partial charge in [0.05, 0.1) is 13.2 Å². The van der Waals surface area contributed by atoms with E-state index in [0.717, 1.165) is 19.3 Å². The van der Waals surface area contributed by atoms with Crippen molar-refractivity contribution >= 4 is 11.8 Å². The van der Waals surface area contributed by atoms with Crippen LogP contribution in [0.25, 0.3) is 0 Å². The predicted molar refractivity (Wildman–Crippen MR) is 68.2 cm³/mol. The summed E-state index contributed by atoms with van der Waals surface area (Å²) >= 11 is 0. The molecule has 0 aromatic rings. The minimum atomic E-state index is -0.813. The van der Waals surface area contributed by atoms with Crippen molar-refractivity contribution in [3.63, 3.8) is 0 Å². The molecule has 1 heterocycles. The lowest BCUT2D eigenvalue weighted by molar-refractivity contribution is -0.149. The van der Waals surface area contributed by atoms with Gasteiger partial charge in [-0.25, -0.2) is 0 Å². The standard InChI is InChI=1S/C14H24O4/c1-5-6-7-8-9-14(3)12(15)11(10(2)18-14)13(16)17-4/h10-11H,5-9H2,1-4H3/t10-,11+,14+/m1/s1. The van der Waals surface area contributed by atoms with Gasteiger partial charge in [0.15, 0.2) is 5.78 Å². The summed E-state index contributed by atoms with van der Waals surface area (Å²) in [5.41, 5.74) is -0.813. The van der Waals surface area contributed by atoms with Gasteiger partial charge in [0, 0.05) is 0 Å². The number of carbonyl (C=O) groups excluding carboxylic acids is 2. The first kappa shape index (κ1) is 15.2. The lowest BCUT2D eigenvalue weighted by atomic mass is 9.87. The van der Waals surface area contributed by atoms with Crippen molar-refractivity contribution in [2.24, 2.45) is 5.92 Å². The third kappa shape index (κ3) is 3.10. The summed E-state index contributed by atoms with van der Waals surface area (Å²) in [6, 6.07) is 0. The van der Waals surface area contributed by atoms with E-state index in [0.29, 0.717) is 6.42 Å². The molecule has 0 aromatic heterocycles. The Morgan fingerprint density at radius 2 is 2.06 bits per heavy atom. The molecule has 4 nitrogen and oxygen atoms in total. The van der Waals surface area contributed by atoms with E-state index in [4.69, 9.17) is 4.74 Å². The van der Waals surface area contributed by atoms with Crippen molar-refractivity contribution in [3.8, 4) is 0 Å². The van der Waals surface area contributed by atoms with E-state index in [-0.39, 0.29) is 11.9 Å². The van der Waals surface area contributed by atoms with Gasteiger partial charge < -0.3 is 9.47 Å². The van der Waals surface area contributed by atoms with Gasteiger partial charge in [0.2, 0.25) is 0 Å². The molecule has 0 N–H and O–H groups in total. The average molecular weight is 256 g/mol. The van der Waals surface area contributed by atoms with Gasteiger partial charge in [0.25, 0.3) is 0 Å². The molecule has 0 radical (unpaired) electrons. The fourth-order valence-electron chi connectivity index (χ4n) is 2.58. The van der Waals surface area contributed by atoms with Gasteiger partial charge in [-0.3, -0.25) is 9.59 Å². The van der Waals surface area contributed by atoms with Gasteiger partial charge in [-0.2, -0.15) is 0 Å². The van der Waals surface area contributed by atoms with Crippen LogP contribution in [0.1, 0.15) is 52.9 Å². The Bertz CT molecular complexity index is 313. The summed E-state index contributed by atoms with van der Waals surface area (Å²) in [4.78, 5) is 23.9. The highest BCUT2D eigenvalue weighted by Crippen LogP contribution is 2.35. The first-order valence-corrected chi connectivity index (χ1v) is 6.76. The highest BCUT2D eigenvalue weighted by Gasteiger charge is 2.52. The molecule has 1 saturated heterocycles. The van der Waals surface area contributed by atoms with Crippen LogP contribution in [0.5, 0.6) is 0 Å². The van der Waals surface area contributed by atoms with Crippen molar-refractivity contribution < 1.29 is 19.1 Å². The molecule has 1 rings (SSSR count). The second-order valence-electron chi connectivity index (χ2n) is 5.23. The number of ether oxygens (including phenoxy) is 2. The van der Waals surface area contributed by atoms with Crippen LogP contribution in [0.15, 0.2) is 0 Å². The molecule has 4 heteroatoms. The summed E-state index contributed by atoms with van der Waals surface area (Å²) in [7, 11) is 1.30. The maximum atomic E-state index is 12.3. The molecule has 0 amide bonds. The fourth-order valence-corrected chi connectivity index (χ4v) is 2.58. The number of ketones is 1. The molecule has 1 aliphatic rings. The largest absolute Gasteiger partial charge is 0.468 e. The highest BCUT2D eigenvalue weighted by molar-refractivity contribution is 6.05. The van der Waals surface area contributed by atoms with Gasteiger partial charge in [-0.1, -0.05) is 32.6 Å². The van der Waals surface area contributed by atoms with Crippen molar-refractivity contribution in [3.05, 3.63) is 0 Å². The van der Waals surface area contributed by atoms with Crippen LogP contribution >= 0.6 is 0 Å². The number of hydrogen-bond donors (Lipinski definition) is 0. The Kier molecular flexibility index (Phi) is 5.32. The number of rotatable bonds is 6. The Morgan fingerprint density at radius 1 is 1.39 bits per heavy atom. The van der Waals surface area contributed by atoms with Crippen LogP contribution in [-0.2, 0) is 19.1 Å². The van der Waals surface area contributed by atoms with E-state index in [2.05, 4.69) is 11.7 Å². The number of hydrogen-bond acceptors (Lipinski definition) is 4. The Balaban J connectivity index is 2.62. The molecule has 0 unspecified atom stereocenters. The third-order valence-electron chi connectivity index (χ3n) is 3.68. The predicted octanol–water partition coefficient (Wildman–Crippen LogP) is 2.49. The SMILES string of the molecule is CCCCCC[C@]1(C)O[C@H](C)[C@H](C(=O)OC)C1=O. The number of unbranched alkanes of at least 4 members (excludes halogenated alkanes) is 3. The second-order valence-corrected chi connectivity index (χ2v) is 5.23. The minimum Gasteiger partial charge on any atom is -0.468 e. The molecular weight excluding hydrogens is 232 g/mol. The summed E-state index contributed by atoms with van der Waals surface area (Å²) in [6.07, 6.45) is 4.67. The Labute approximate surface area is 109 Å². The Hall–Kier alpha value is -0.900. The molecule has 0 aromatic carbocycles. The van der Waals surface area contributed by atoms with Crippen molar-refractivity contribution in [2.45, 2.75) is 64.6 Å². The van der Waals surface area contributed by atoms with Crippen molar-refractivity contribution in [1.82, 2.24) is 0 Å². The lowest BCUT2D eigenvalue weighted by Gasteiger charge is -2.22. The maximum absolute atomic E-state index is 12.3. The monoisotopic (exact) mass is 256 g/mol. The highest BCUT2D eigenvalue weighted by atomic mass is 16.5. The molecule has 1 fully saturated rings. The Morgan fingerprint density at radius 3 is 2.61 bits per heavy atom. The van der Waals surface area contributed by atoms with Gasteiger partial charge >= 0.3 is 5.97 Å². The average Bonchev–Trinajstić information content (AvgIpc) is 2.55. The van der Waals surface area contributed by atoms with Crippen molar-refractivity contribution in [2.75, 3.05) is 7.11 Å². The van der Waals surface area contributed by atoms with E-state index in [1.165, 1.54) is 13.5 Å². The lowest BCUT2D eigenvalue weighted by Crippen LogP contribution is -2.36. The number of esters is 1. The van der Waals surface area contributed by atoms with Gasteiger partial charge in [0.1, 0.15) is 11.5 Å². The topological polar surface area (TPSA) is 52.6 Å². The zero-order valence-electron chi connectivity index (χ0n) is 11.8. The summed E-state index contributed by atoms with van der Waals surface area (Å²) in [5.74, 6) is -1.37. The van der Waals surface area contributed by atoms with Crippen LogP contribution in [0, 0.1) is 5.92 Å². The minimum absolute atomic E-state index is 0.127. The van der Waals surface area contributed by atoms with E-state index >= 15 is 0 Å². The zero-order valence-corrected chi connectivity index (χ0v) is 11.8. The molecule has 0 aliphatic carbocycles. The molecular formula is C14H24O4. The number of Topliss-reactive ketones (excluding diaryl/α,β-unsaturated/α-hetero) is 1. The summed E-state index contributed by atoms with van der Waals surface area (Å²) in [6.45, 7) is 5.70. The normalized spacial score (nSPS) is 31.7. The van der Waals surface area contributed by atoms with Crippen LogP contribution in [-0.4, -0.2) is 30.6 Å². The zero-order chi connectivity index (χ0) is 13.8. The van der Waals surface area contributed by atoms with Crippen LogP contribution < -0.4 is 0 Å². The molecule has 0 bridgehead atoms. The van der Waals surface area contributed by atoms with E-state index in [1.807, 2.05) is 0 Å². The van der Waals surface area contributed by atoms with Crippen LogP contribution in [0.4, 0.5) is 0 Å². The van der Waals surface area contributed by atoms with Gasteiger partial charge in [-0.15, -0.1) is 0 Å². The van der Waals surface area contributed by atoms with E-state index in [1.54, 1.807) is 13.8 Å². The summed E-state index contributed by atoms with van der Waals surface area (Å²) in [5, 5.41) is 0.